The van der Waals surface area contributed by atoms with Gasteiger partial charge in [0.2, 0.25) is 10.0 Å². The molecular formula is C21H20FN3O4S. The molecule has 7 nitrogen and oxygen atoms in total. The van der Waals surface area contributed by atoms with Crippen molar-refractivity contribution in [2.45, 2.75) is 11.8 Å². The van der Waals surface area contributed by atoms with Gasteiger partial charge in [0.05, 0.1) is 29.3 Å². The maximum atomic E-state index is 13.7. The quantitative estimate of drug-likeness (QED) is 0.689. The first-order valence-electron chi connectivity index (χ1n) is 9.41. The van der Waals surface area contributed by atoms with Crippen molar-refractivity contribution in [2.24, 2.45) is 0 Å². The molecule has 1 saturated heterocycles. The third kappa shape index (κ3) is 4.04. The molecule has 0 radical (unpaired) electrons. The van der Waals surface area contributed by atoms with Crippen molar-refractivity contribution < 1.29 is 22.3 Å². The number of pyridine rings is 1. The van der Waals surface area contributed by atoms with E-state index in [1.54, 1.807) is 19.1 Å². The van der Waals surface area contributed by atoms with Crippen LogP contribution in [0.15, 0.2) is 53.4 Å². The van der Waals surface area contributed by atoms with E-state index in [2.05, 4.69) is 10.3 Å². The Morgan fingerprint density at radius 1 is 1.13 bits per heavy atom. The number of carbonyl (C=O) groups excluding carboxylic acids is 1. The summed E-state index contributed by atoms with van der Waals surface area (Å²) >= 11 is 0. The fourth-order valence-corrected chi connectivity index (χ4v) is 4.82. The predicted octanol–water partition coefficient (Wildman–Crippen LogP) is 2.96. The van der Waals surface area contributed by atoms with Crippen LogP contribution in [0.25, 0.3) is 10.9 Å². The Morgan fingerprint density at radius 3 is 2.67 bits per heavy atom. The number of halogens is 1. The Morgan fingerprint density at radius 2 is 1.90 bits per heavy atom. The van der Waals surface area contributed by atoms with Gasteiger partial charge in [0.15, 0.2) is 0 Å². The molecule has 0 saturated carbocycles. The molecule has 9 heteroatoms. The minimum absolute atomic E-state index is 0.0406. The number of ether oxygens (including phenoxy) is 1. The maximum absolute atomic E-state index is 13.7. The molecule has 1 aromatic heterocycles. The van der Waals surface area contributed by atoms with Gasteiger partial charge in [-0.2, -0.15) is 4.31 Å². The van der Waals surface area contributed by atoms with E-state index in [-0.39, 0.29) is 23.5 Å². The zero-order chi connectivity index (χ0) is 21.3. The average molecular weight is 429 g/mol. The van der Waals surface area contributed by atoms with E-state index in [1.807, 2.05) is 0 Å². The number of sulfonamides is 1. The minimum Gasteiger partial charge on any atom is -0.379 e. The fourth-order valence-electron chi connectivity index (χ4n) is 3.36. The number of anilines is 1. The highest BCUT2D eigenvalue weighted by atomic mass is 32.2. The van der Waals surface area contributed by atoms with E-state index in [4.69, 9.17) is 4.74 Å². The van der Waals surface area contributed by atoms with Crippen LogP contribution in [-0.4, -0.2) is 49.9 Å². The van der Waals surface area contributed by atoms with E-state index < -0.39 is 21.7 Å². The second-order valence-electron chi connectivity index (χ2n) is 6.97. The van der Waals surface area contributed by atoms with Crippen LogP contribution in [0.2, 0.25) is 0 Å². The fraction of sp³-hybridized carbons (Fsp3) is 0.238. The lowest BCUT2D eigenvalue weighted by Gasteiger charge is -2.26. The average Bonchev–Trinajstić information content (AvgIpc) is 2.75. The van der Waals surface area contributed by atoms with E-state index in [0.717, 1.165) is 0 Å². The Balaban J connectivity index is 1.65. The number of benzene rings is 2. The van der Waals surface area contributed by atoms with Crippen molar-refractivity contribution in [3.05, 3.63) is 65.6 Å². The number of amides is 1. The molecule has 2 heterocycles. The summed E-state index contributed by atoms with van der Waals surface area (Å²) in [4.78, 5) is 17.2. The first-order chi connectivity index (χ1) is 14.3. The largest absolute Gasteiger partial charge is 0.379 e. The molecule has 156 valence electrons. The first kappa shape index (κ1) is 20.4. The van der Waals surface area contributed by atoms with E-state index in [9.17, 15) is 17.6 Å². The molecule has 4 rings (SSSR count). The Bertz CT molecular complexity index is 1220. The van der Waals surface area contributed by atoms with Crippen molar-refractivity contribution in [3.63, 3.8) is 0 Å². The summed E-state index contributed by atoms with van der Waals surface area (Å²) < 4.78 is 46.0. The van der Waals surface area contributed by atoms with Crippen LogP contribution in [-0.2, 0) is 14.8 Å². The summed E-state index contributed by atoms with van der Waals surface area (Å²) in [5.74, 6) is -0.938. The minimum atomic E-state index is -3.72. The standard InChI is InChI=1S/C21H20FN3O4S/c1-14-11-20(18-13-16(22)5-6-19(18)23-14)24-21(26)15-3-2-4-17(12-15)30(27,28)25-7-9-29-10-8-25/h2-6,11-13H,7-10H2,1H3,(H,23,24,26). The molecule has 1 fully saturated rings. The normalized spacial score (nSPS) is 15.3. The third-order valence-corrected chi connectivity index (χ3v) is 6.75. The second-order valence-corrected chi connectivity index (χ2v) is 8.91. The maximum Gasteiger partial charge on any atom is 0.255 e. The summed E-state index contributed by atoms with van der Waals surface area (Å²) in [6.07, 6.45) is 0. The summed E-state index contributed by atoms with van der Waals surface area (Å²) in [6.45, 7) is 2.99. The molecular weight excluding hydrogens is 409 g/mol. The molecule has 2 aromatic carbocycles. The topological polar surface area (TPSA) is 88.6 Å². The Kier molecular flexibility index (Phi) is 5.50. The molecule has 1 aliphatic heterocycles. The molecule has 3 aromatic rings. The molecule has 1 N–H and O–H groups in total. The summed E-state index contributed by atoms with van der Waals surface area (Å²) in [5, 5.41) is 3.22. The van der Waals surface area contributed by atoms with Crippen LogP contribution in [0.1, 0.15) is 16.1 Å². The molecule has 0 bridgehead atoms. The van der Waals surface area contributed by atoms with Gasteiger partial charge < -0.3 is 10.1 Å². The van der Waals surface area contributed by atoms with Gasteiger partial charge >= 0.3 is 0 Å². The first-order valence-corrected chi connectivity index (χ1v) is 10.8. The van der Waals surface area contributed by atoms with Gasteiger partial charge in [0.1, 0.15) is 5.82 Å². The van der Waals surface area contributed by atoms with Crippen LogP contribution >= 0.6 is 0 Å². The van der Waals surface area contributed by atoms with Crippen LogP contribution in [0.4, 0.5) is 10.1 Å². The molecule has 1 aliphatic rings. The highest BCUT2D eigenvalue weighted by Crippen LogP contribution is 2.25. The van der Waals surface area contributed by atoms with Gasteiger partial charge in [-0.1, -0.05) is 6.07 Å². The zero-order valence-electron chi connectivity index (χ0n) is 16.3. The lowest BCUT2D eigenvalue weighted by Crippen LogP contribution is -2.40. The molecule has 0 aliphatic carbocycles. The summed E-state index contributed by atoms with van der Waals surface area (Å²) in [6, 6.07) is 11.7. The van der Waals surface area contributed by atoms with Gasteiger partial charge in [-0.25, -0.2) is 12.8 Å². The van der Waals surface area contributed by atoms with Crippen LogP contribution in [0.5, 0.6) is 0 Å². The van der Waals surface area contributed by atoms with Crippen LogP contribution in [0, 0.1) is 12.7 Å². The van der Waals surface area contributed by atoms with Crippen molar-refractivity contribution >= 4 is 32.5 Å². The number of nitrogens with zero attached hydrogens (tertiary/aromatic N) is 2. The van der Waals surface area contributed by atoms with Gasteiger partial charge in [0, 0.05) is 29.7 Å². The number of hydrogen-bond donors (Lipinski definition) is 1. The monoisotopic (exact) mass is 429 g/mol. The zero-order valence-corrected chi connectivity index (χ0v) is 17.1. The van der Waals surface area contributed by atoms with Crippen molar-refractivity contribution in [3.8, 4) is 0 Å². The summed E-state index contributed by atoms with van der Waals surface area (Å²) in [5.41, 5.74) is 1.80. The molecule has 1 amide bonds. The van der Waals surface area contributed by atoms with Gasteiger partial charge in [-0.3, -0.25) is 9.78 Å². The molecule has 0 unspecified atom stereocenters. The number of hydrogen-bond acceptors (Lipinski definition) is 5. The lowest BCUT2D eigenvalue weighted by atomic mass is 10.1. The lowest BCUT2D eigenvalue weighted by molar-refractivity contribution is 0.0730. The van der Waals surface area contributed by atoms with Crippen LogP contribution < -0.4 is 5.32 Å². The van der Waals surface area contributed by atoms with Crippen molar-refractivity contribution in [1.82, 2.24) is 9.29 Å². The Labute approximate surface area is 173 Å². The highest BCUT2D eigenvalue weighted by Gasteiger charge is 2.27. The Hall–Kier alpha value is -2.88. The molecule has 0 atom stereocenters. The van der Waals surface area contributed by atoms with Crippen molar-refractivity contribution in [2.75, 3.05) is 31.6 Å². The highest BCUT2D eigenvalue weighted by molar-refractivity contribution is 7.89. The number of fused-ring (bicyclic) bond motifs is 1. The van der Waals surface area contributed by atoms with E-state index in [0.29, 0.717) is 35.5 Å². The van der Waals surface area contributed by atoms with Crippen molar-refractivity contribution in [1.29, 1.82) is 0 Å². The van der Waals surface area contributed by atoms with Gasteiger partial charge in [-0.05, 0) is 49.4 Å². The van der Waals surface area contributed by atoms with Crippen LogP contribution in [0.3, 0.4) is 0 Å². The number of nitrogens with one attached hydrogen (secondary N) is 1. The van der Waals surface area contributed by atoms with E-state index in [1.165, 1.54) is 40.7 Å². The third-order valence-electron chi connectivity index (χ3n) is 4.85. The number of morpholine rings is 1. The SMILES string of the molecule is Cc1cc(NC(=O)c2cccc(S(=O)(=O)N3CCOCC3)c2)c2cc(F)ccc2n1. The predicted molar refractivity (Wildman–Crippen MR) is 110 cm³/mol. The number of carbonyl (C=O) groups is 1. The van der Waals surface area contributed by atoms with Gasteiger partial charge in [-0.15, -0.1) is 0 Å². The van der Waals surface area contributed by atoms with Gasteiger partial charge in [0.25, 0.3) is 5.91 Å². The van der Waals surface area contributed by atoms with E-state index >= 15 is 0 Å². The second kappa shape index (κ2) is 8.10. The number of aromatic nitrogens is 1. The molecule has 30 heavy (non-hydrogen) atoms. The number of rotatable bonds is 4. The number of aryl methyl sites for hydroxylation is 1. The summed E-state index contributed by atoms with van der Waals surface area (Å²) in [7, 11) is -3.72. The molecule has 0 spiro atoms. The smallest absolute Gasteiger partial charge is 0.255 e.